The summed E-state index contributed by atoms with van der Waals surface area (Å²) in [4.78, 5) is 0. The third kappa shape index (κ3) is 4.15. The van der Waals surface area contributed by atoms with E-state index in [9.17, 15) is 0 Å². The molecule has 0 unspecified atom stereocenters. The number of rotatable bonds is 4. The van der Waals surface area contributed by atoms with Gasteiger partial charge in [-0.3, -0.25) is 0 Å². The number of halogens is 2. The molecule has 0 saturated heterocycles. The minimum atomic E-state index is 0.601. The second-order valence-corrected chi connectivity index (χ2v) is 5.10. The maximum atomic E-state index is 5.81. The van der Waals surface area contributed by atoms with Crippen LogP contribution < -0.4 is 0 Å². The lowest BCUT2D eigenvalue weighted by Crippen LogP contribution is -1.93. The van der Waals surface area contributed by atoms with Crippen molar-refractivity contribution in [1.82, 2.24) is 0 Å². The molecule has 0 fully saturated rings. The minimum Gasteiger partial charge on any atom is -0.372 e. The van der Waals surface area contributed by atoms with E-state index in [-0.39, 0.29) is 0 Å². The molecule has 0 heterocycles. The highest BCUT2D eigenvalue weighted by Gasteiger charge is 1.96. The lowest BCUT2D eigenvalue weighted by molar-refractivity contribution is 0.107. The van der Waals surface area contributed by atoms with Gasteiger partial charge in [0.2, 0.25) is 0 Å². The van der Waals surface area contributed by atoms with Crippen LogP contribution in [0.15, 0.2) is 53.0 Å². The molecule has 3 heteroatoms. The molecule has 0 radical (unpaired) electrons. The van der Waals surface area contributed by atoms with E-state index in [2.05, 4.69) is 22.0 Å². The summed E-state index contributed by atoms with van der Waals surface area (Å²) in [5.74, 6) is 0. The first kappa shape index (κ1) is 12.6. The molecule has 2 rings (SSSR count). The summed E-state index contributed by atoms with van der Waals surface area (Å²) in [6.07, 6.45) is 0. The van der Waals surface area contributed by atoms with Crippen LogP contribution in [0.4, 0.5) is 0 Å². The van der Waals surface area contributed by atoms with Gasteiger partial charge in [0.05, 0.1) is 13.2 Å². The van der Waals surface area contributed by atoms with Crippen LogP contribution in [0.5, 0.6) is 0 Å². The van der Waals surface area contributed by atoms with Gasteiger partial charge in [-0.2, -0.15) is 0 Å². The van der Waals surface area contributed by atoms with Crippen molar-refractivity contribution in [1.29, 1.82) is 0 Å². The van der Waals surface area contributed by atoms with Crippen LogP contribution in [0.3, 0.4) is 0 Å². The first-order chi connectivity index (χ1) is 8.24. The second-order valence-electron chi connectivity index (χ2n) is 3.75. The number of ether oxygens (including phenoxy) is 1. The van der Waals surface area contributed by atoms with E-state index in [1.165, 1.54) is 0 Å². The molecular weight excluding hydrogens is 300 g/mol. The Kier molecular flexibility index (Phi) is 4.60. The maximum absolute atomic E-state index is 5.81. The quantitative estimate of drug-likeness (QED) is 0.786. The first-order valence-electron chi connectivity index (χ1n) is 5.31. The van der Waals surface area contributed by atoms with Gasteiger partial charge in [-0.25, -0.2) is 0 Å². The molecule has 0 saturated carbocycles. The van der Waals surface area contributed by atoms with E-state index < -0.39 is 0 Å². The molecule has 0 spiro atoms. The van der Waals surface area contributed by atoms with Gasteiger partial charge in [0.15, 0.2) is 0 Å². The van der Waals surface area contributed by atoms with Gasteiger partial charge in [-0.05, 0) is 35.4 Å². The summed E-state index contributed by atoms with van der Waals surface area (Å²) in [5.41, 5.74) is 2.29. The molecule has 2 aromatic rings. The van der Waals surface area contributed by atoms with Crippen LogP contribution in [-0.2, 0) is 18.0 Å². The second kappa shape index (κ2) is 6.20. The fourth-order valence-electron chi connectivity index (χ4n) is 1.49. The summed E-state index contributed by atoms with van der Waals surface area (Å²) >= 11 is 9.25. The molecule has 0 bridgehead atoms. The minimum absolute atomic E-state index is 0.601. The maximum Gasteiger partial charge on any atom is 0.0721 e. The summed E-state index contributed by atoms with van der Waals surface area (Å²) in [5, 5.41) is 0.751. The predicted molar refractivity (Wildman–Crippen MR) is 74.1 cm³/mol. The van der Waals surface area contributed by atoms with E-state index in [4.69, 9.17) is 16.3 Å². The van der Waals surface area contributed by atoms with Crippen LogP contribution in [0.2, 0.25) is 5.02 Å². The molecule has 1 nitrogen and oxygen atoms in total. The van der Waals surface area contributed by atoms with Crippen LogP contribution in [0.25, 0.3) is 0 Å². The zero-order valence-electron chi connectivity index (χ0n) is 9.20. The number of hydrogen-bond acceptors (Lipinski definition) is 1. The van der Waals surface area contributed by atoms with Crippen molar-refractivity contribution in [2.75, 3.05) is 0 Å². The number of hydrogen-bond donors (Lipinski definition) is 0. The molecular formula is C14H12BrClO. The van der Waals surface area contributed by atoms with Crippen molar-refractivity contribution >= 4 is 27.5 Å². The van der Waals surface area contributed by atoms with Crippen molar-refractivity contribution < 1.29 is 4.74 Å². The molecule has 0 aliphatic carbocycles. The van der Waals surface area contributed by atoms with Crippen LogP contribution in [0, 0.1) is 0 Å². The molecule has 0 aromatic heterocycles. The van der Waals surface area contributed by atoms with E-state index >= 15 is 0 Å². The predicted octanol–water partition coefficient (Wildman–Crippen LogP) is 4.82. The van der Waals surface area contributed by atoms with Crippen LogP contribution in [0.1, 0.15) is 11.1 Å². The normalized spacial score (nSPS) is 10.5. The fourth-order valence-corrected chi connectivity index (χ4v) is 2.07. The van der Waals surface area contributed by atoms with Crippen LogP contribution >= 0.6 is 27.5 Å². The summed E-state index contributed by atoms with van der Waals surface area (Å²) in [6, 6.07) is 15.8. The van der Waals surface area contributed by atoms with Crippen molar-refractivity contribution in [2.45, 2.75) is 13.2 Å². The van der Waals surface area contributed by atoms with Gasteiger partial charge in [0.25, 0.3) is 0 Å². The Bertz CT molecular complexity index is 482. The molecule has 0 aliphatic rings. The Morgan fingerprint density at radius 2 is 1.65 bits per heavy atom. The highest BCUT2D eigenvalue weighted by molar-refractivity contribution is 9.10. The van der Waals surface area contributed by atoms with E-state index in [0.717, 1.165) is 20.6 Å². The Hall–Kier alpha value is -0.830. The van der Waals surface area contributed by atoms with Gasteiger partial charge in [-0.1, -0.05) is 51.8 Å². The Balaban J connectivity index is 1.85. The largest absolute Gasteiger partial charge is 0.372 e. The van der Waals surface area contributed by atoms with Gasteiger partial charge in [-0.15, -0.1) is 0 Å². The highest BCUT2D eigenvalue weighted by Crippen LogP contribution is 2.14. The summed E-state index contributed by atoms with van der Waals surface area (Å²) in [7, 11) is 0. The third-order valence-electron chi connectivity index (χ3n) is 2.34. The van der Waals surface area contributed by atoms with E-state index in [1.54, 1.807) is 0 Å². The van der Waals surface area contributed by atoms with E-state index in [0.29, 0.717) is 13.2 Å². The first-order valence-corrected chi connectivity index (χ1v) is 6.48. The monoisotopic (exact) mass is 310 g/mol. The van der Waals surface area contributed by atoms with Gasteiger partial charge >= 0.3 is 0 Å². The third-order valence-corrected chi connectivity index (χ3v) is 3.08. The van der Waals surface area contributed by atoms with Gasteiger partial charge in [0, 0.05) is 9.50 Å². The molecule has 17 heavy (non-hydrogen) atoms. The molecule has 2 aromatic carbocycles. The zero-order chi connectivity index (χ0) is 12.1. The fraction of sp³-hybridized carbons (Fsp3) is 0.143. The van der Waals surface area contributed by atoms with Crippen molar-refractivity contribution in [3.63, 3.8) is 0 Å². The summed E-state index contributed by atoms with van der Waals surface area (Å²) in [6.45, 7) is 1.21. The standard InChI is InChI=1S/C14H12BrClO/c15-13-3-1-2-12(8-13)10-17-9-11-4-6-14(16)7-5-11/h1-8H,9-10H2. The average Bonchev–Trinajstić information content (AvgIpc) is 2.32. The van der Waals surface area contributed by atoms with Crippen molar-refractivity contribution in [2.24, 2.45) is 0 Å². The van der Waals surface area contributed by atoms with Crippen molar-refractivity contribution in [3.05, 3.63) is 69.2 Å². The molecule has 0 amide bonds. The molecule has 0 N–H and O–H groups in total. The van der Waals surface area contributed by atoms with Crippen molar-refractivity contribution in [3.8, 4) is 0 Å². The average molecular weight is 312 g/mol. The lowest BCUT2D eigenvalue weighted by Gasteiger charge is -2.05. The highest BCUT2D eigenvalue weighted by atomic mass is 79.9. The summed E-state index contributed by atoms with van der Waals surface area (Å²) < 4.78 is 6.71. The van der Waals surface area contributed by atoms with Crippen LogP contribution in [-0.4, -0.2) is 0 Å². The molecule has 0 aliphatic heterocycles. The van der Waals surface area contributed by atoms with E-state index in [1.807, 2.05) is 42.5 Å². The molecule has 0 atom stereocenters. The van der Waals surface area contributed by atoms with Gasteiger partial charge < -0.3 is 4.74 Å². The Labute approximate surface area is 115 Å². The zero-order valence-corrected chi connectivity index (χ0v) is 11.5. The Morgan fingerprint density at radius 1 is 0.941 bits per heavy atom. The van der Waals surface area contributed by atoms with Gasteiger partial charge in [0.1, 0.15) is 0 Å². The lowest BCUT2D eigenvalue weighted by atomic mass is 10.2. The Morgan fingerprint density at radius 3 is 2.35 bits per heavy atom. The SMILES string of the molecule is Clc1ccc(COCc2cccc(Br)c2)cc1. The smallest absolute Gasteiger partial charge is 0.0721 e. The molecule has 88 valence electrons. The topological polar surface area (TPSA) is 9.23 Å². The number of benzene rings is 2.